The fraction of sp³-hybridized carbons (Fsp3) is 0.182. The summed E-state index contributed by atoms with van der Waals surface area (Å²) in [7, 11) is 0. The fourth-order valence-corrected chi connectivity index (χ4v) is 4.03. The van der Waals surface area contributed by atoms with Crippen molar-refractivity contribution in [3.05, 3.63) is 76.5 Å². The van der Waals surface area contributed by atoms with Gasteiger partial charge in [-0.15, -0.1) is 0 Å². The van der Waals surface area contributed by atoms with Crippen molar-refractivity contribution < 1.29 is 9.21 Å². The molecule has 4 rings (SSSR count). The van der Waals surface area contributed by atoms with E-state index in [1.54, 1.807) is 31.2 Å². The summed E-state index contributed by atoms with van der Waals surface area (Å²) in [6.45, 7) is 5.54. The number of fused-ring (bicyclic) bond motifs is 1. The Morgan fingerprint density at radius 2 is 1.73 bits per heavy atom. The quantitative estimate of drug-likeness (QED) is 0.483. The maximum Gasteiger partial charge on any atom is 0.420 e. The number of aryl methyl sites for hydroxylation is 2. The number of para-hydroxylation sites is 2. The highest BCUT2D eigenvalue weighted by molar-refractivity contribution is 7.99. The zero-order chi connectivity index (χ0) is 21.3. The van der Waals surface area contributed by atoms with Crippen molar-refractivity contribution in [2.24, 2.45) is 0 Å². The summed E-state index contributed by atoms with van der Waals surface area (Å²) in [6, 6.07) is 15.7. The molecule has 0 aliphatic carbocycles. The van der Waals surface area contributed by atoms with Crippen LogP contribution in [-0.2, 0) is 4.79 Å². The van der Waals surface area contributed by atoms with E-state index in [0.717, 1.165) is 16.3 Å². The van der Waals surface area contributed by atoms with Gasteiger partial charge < -0.3 is 9.73 Å². The molecule has 0 saturated heterocycles. The van der Waals surface area contributed by atoms with E-state index in [9.17, 15) is 9.59 Å². The Morgan fingerprint density at radius 3 is 2.43 bits per heavy atom. The van der Waals surface area contributed by atoms with Crippen LogP contribution in [0.2, 0.25) is 0 Å². The minimum Gasteiger partial charge on any atom is -0.408 e. The number of benzene rings is 2. The van der Waals surface area contributed by atoms with E-state index in [-0.39, 0.29) is 5.91 Å². The number of aromatic nitrogens is 3. The molecule has 2 aromatic heterocycles. The first kappa shape index (κ1) is 19.9. The summed E-state index contributed by atoms with van der Waals surface area (Å²) in [5, 5.41) is 3.53. The van der Waals surface area contributed by atoms with Crippen molar-refractivity contribution in [1.82, 2.24) is 14.5 Å². The van der Waals surface area contributed by atoms with E-state index in [2.05, 4.69) is 15.3 Å². The molecule has 0 bridgehead atoms. The third-order valence-corrected chi connectivity index (χ3v) is 5.45. The van der Waals surface area contributed by atoms with E-state index >= 15 is 0 Å². The number of amides is 1. The summed E-state index contributed by atoms with van der Waals surface area (Å²) >= 11 is 1.46. The number of rotatable bonds is 5. The Bertz CT molecular complexity index is 1260. The number of hydrogen-bond acceptors (Lipinski definition) is 6. The van der Waals surface area contributed by atoms with E-state index in [0.29, 0.717) is 21.9 Å². The molecule has 152 valence electrons. The molecule has 4 aromatic rings. The summed E-state index contributed by atoms with van der Waals surface area (Å²) in [4.78, 5) is 34.7. The second kappa shape index (κ2) is 8.16. The summed E-state index contributed by atoms with van der Waals surface area (Å²) in [5.74, 6) is -0.860. The highest BCUT2D eigenvalue weighted by Gasteiger charge is 2.21. The maximum absolute atomic E-state index is 12.7. The second-order valence-electron chi connectivity index (χ2n) is 6.93. The van der Waals surface area contributed by atoms with Crippen LogP contribution in [0.25, 0.3) is 11.1 Å². The van der Waals surface area contributed by atoms with Crippen molar-refractivity contribution in [2.45, 2.75) is 36.9 Å². The van der Waals surface area contributed by atoms with Gasteiger partial charge in [0.1, 0.15) is 6.04 Å². The highest BCUT2D eigenvalue weighted by atomic mass is 32.2. The number of oxazole rings is 1. The molecule has 1 N–H and O–H groups in total. The zero-order valence-corrected chi connectivity index (χ0v) is 17.6. The Morgan fingerprint density at radius 1 is 1.07 bits per heavy atom. The predicted molar refractivity (Wildman–Crippen MR) is 116 cm³/mol. The topological polar surface area (TPSA) is 90.0 Å². The van der Waals surface area contributed by atoms with Crippen molar-refractivity contribution in [3.63, 3.8) is 0 Å². The predicted octanol–water partition coefficient (Wildman–Crippen LogP) is 4.35. The Kier molecular flexibility index (Phi) is 5.41. The third kappa shape index (κ3) is 4.13. The van der Waals surface area contributed by atoms with Gasteiger partial charge in [-0.05, 0) is 75.0 Å². The number of nitrogens with zero attached hydrogens (tertiary/aromatic N) is 3. The lowest BCUT2D eigenvalue weighted by Gasteiger charge is -2.13. The molecular weight excluding hydrogens is 400 g/mol. The molecule has 0 aliphatic rings. The van der Waals surface area contributed by atoms with Crippen LogP contribution in [0.1, 0.15) is 24.4 Å². The van der Waals surface area contributed by atoms with Gasteiger partial charge in [-0.2, -0.15) is 0 Å². The Labute approximate surface area is 177 Å². The molecule has 30 heavy (non-hydrogen) atoms. The smallest absolute Gasteiger partial charge is 0.408 e. The highest BCUT2D eigenvalue weighted by Crippen LogP contribution is 2.26. The van der Waals surface area contributed by atoms with Gasteiger partial charge in [-0.25, -0.2) is 14.8 Å². The lowest BCUT2D eigenvalue weighted by molar-refractivity contribution is -0.118. The van der Waals surface area contributed by atoms with E-state index in [4.69, 9.17) is 4.42 Å². The average molecular weight is 420 g/mol. The van der Waals surface area contributed by atoms with Crippen LogP contribution in [0.3, 0.4) is 0 Å². The largest absolute Gasteiger partial charge is 0.420 e. The number of nitrogens with one attached hydrogen (secondary N) is 1. The van der Waals surface area contributed by atoms with E-state index in [1.165, 1.54) is 16.3 Å². The molecule has 1 amide bonds. The van der Waals surface area contributed by atoms with Gasteiger partial charge in [0.15, 0.2) is 10.7 Å². The van der Waals surface area contributed by atoms with Crippen LogP contribution >= 0.6 is 11.8 Å². The fourth-order valence-electron chi connectivity index (χ4n) is 3.17. The van der Waals surface area contributed by atoms with Gasteiger partial charge in [0.2, 0.25) is 5.91 Å². The van der Waals surface area contributed by atoms with Gasteiger partial charge in [0, 0.05) is 22.0 Å². The first-order valence-electron chi connectivity index (χ1n) is 9.42. The van der Waals surface area contributed by atoms with Crippen molar-refractivity contribution >= 4 is 34.5 Å². The molecule has 0 spiro atoms. The summed E-state index contributed by atoms with van der Waals surface area (Å²) in [5.41, 5.74) is 3.52. The average Bonchev–Trinajstić information content (AvgIpc) is 3.03. The van der Waals surface area contributed by atoms with Gasteiger partial charge in [0.25, 0.3) is 0 Å². The Hall–Kier alpha value is -3.39. The van der Waals surface area contributed by atoms with E-state index < -0.39 is 11.8 Å². The molecule has 8 heteroatoms. The summed E-state index contributed by atoms with van der Waals surface area (Å²) in [6.07, 6.45) is 0. The van der Waals surface area contributed by atoms with Gasteiger partial charge in [0.05, 0.1) is 5.52 Å². The maximum atomic E-state index is 12.7. The molecule has 0 fully saturated rings. The van der Waals surface area contributed by atoms with Gasteiger partial charge >= 0.3 is 5.76 Å². The molecule has 2 aromatic carbocycles. The van der Waals surface area contributed by atoms with Crippen LogP contribution in [0.5, 0.6) is 0 Å². The number of carbonyl (C=O) groups excluding carboxylic acids is 1. The monoisotopic (exact) mass is 420 g/mol. The lowest BCUT2D eigenvalue weighted by atomic mass is 10.2. The van der Waals surface area contributed by atoms with Crippen LogP contribution < -0.4 is 11.1 Å². The van der Waals surface area contributed by atoms with Crippen LogP contribution in [-0.4, -0.2) is 20.4 Å². The minimum atomic E-state index is -0.723. The van der Waals surface area contributed by atoms with Crippen LogP contribution in [0, 0.1) is 13.8 Å². The normalized spacial score (nSPS) is 12.1. The molecule has 7 nitrogen and oxygen atoms in total. The van der Waals surface area contributed by atoms with E-state index in [1.807, 2.05) is 44.2 Å². The lowest BCUT2D eigenvalue weighted by Crippen LogP contribution is -2.29. The van der Waals surface area contributed by atoms with Gasteiger partial charge in [-0.1, -0.05) is 12.1 Å². The molecule has 1 unspecified atom stereocenters. The number of hydrogen-bond donors (Lipinski definition) is 1. The van der Waals surface area contributed by atoms with Crippen molar-refractivity contribution in [3.8, 4) is 0 Å². The second-order valence-corrected chi connectivity index (χ2v) is 7.97. The summed E-state index contributed by atoms with van der Waals surface area (Å²) < 4.78 is 6.58. The molecule has 0 aliphatic heterocycles. The molecule has 0 saturated carbocycles. The van der Waals surface area contributed by atoms with Crippen LogP contribution in [0.4, 0.5) is 5.69 Å². The first-order chi connectivity index (χ1) is 14.4. The molecular formula is C22H20N4O3S. The number of anilines is 1. The standard InChI is InChI=1S/C22H20N4O3S/c1-13-12-14(2)24-21(23-13)30-17-10-8-16(9-11-17)25-20(27)15(3)26-18-6-4-5-7-19(18)29-22(26)28/h4-12,15H,1-3H3,(H,25,27). The van der Waals surface area contributed by atoms with Crippen molar-refractivity contribution in [1.29, 1.82) is 0 Å². The first-order valence-corrected chi connectivity index (χ1v) is 10.2. The minimum absolute atomic E-state index is 0.304. The van der Waals surface area contributed by atoms with Gasteiger partial charge in [-0.3, -0.25) is 9.36 Å². The SMILES string of the molecule is Cc1cc(C)nc(Sc2ccc(NC(=O)C(C)n3c(=O)oc4ccccc43)cc2)n1. The Balaban J connectivity index is 1.48. The number of carbonyl (C=O) groups is 1. The van der Waals surface area contributed by atoms with Crippen molar-refractivity contribution in [2.75, 3.05) is 5.32 Å². The van der Waals surface area contributed by atoms with Crippen LogP contribution in [0.15, 0.2) is 73.9 Å². The molecule has 1 atom stereocenters. The molecule has 0 radical (unpaired) electrons. The third-order valence-electron chi connectivity index (χ3n) is 4.58. The molecule has 2 heterocycles. The zero-order valence-electron chi connectivity index (χ0n) is 16.7.